The molecule has 2 aromatic rings. The second-order valence-corrected chi connectivity index (χ2v) is 4.67. The largest absolute Gasteiger partial charge is 0.505 e. The molecular weight excluding hydrogens is 270 g/mol. The zero-order valence-corrected chi connectivity index (χ0v) is 11.7. The number of hydrogen-bond donors (Lipinski definition) is 2. The van der Waals surface area contributed by atoms with Crippen molar-refractivity contribution in [2.75, 3.05) is 6.61 Å². The highest BCUT2D eigenvalue weighted by Gasteiger charge is 2.16. The molecule has 21 heavy (non-hydrogen) atoms. The Labute approximate surface area is 122 Å². The summed E-state index contributed by atoms with van der Waals surface area (Å²) in [5.41, 5.74) is 2.19. The molecule has 0 saturated carbocycles. The highest BCUT2D eigenvalue weighted by Crippen LogP contribution is 2.24. The van der Waals surface area contributed by atoms with Crippen LogP contribution in [0.15, 0.2) is 36.5 Å². The van der Waals surface area contributed by atoms with E-state index in [0.717, 1.165) is 5.56 Å². The lowest BCUT2D eigenvalue weighted by molar-refractivity contribution is 0.0894. The summed E-state index contributed by atoms with van der Waals surface area (Å²) in [7, 11) is 0. The molecule has 1 aromatic heterocycles. The number of hydrogen-bond acceptors (Lipinski definition) is 5. The molecule has 2 N–H and O–H groups in total. The van der Waals surface area contributed by atoms with Crippen LogP contribution in [0.4, 0.5) is 0 Å². The summed E-state index contributed by atoms with van der Waals surface area (Å²) in [6.45, 7) is 1.75. The third kappa shape index (κ3) is 3.65. The molecule has 0 aliphatic carbocycles. The van der Waals surface area contributed by atoms with Crippen molar-refractivity contribution in [3.63, 3.8) is 0 Å². The number of pyridine rings is 1. The Kier molecular flexibility index (Phi) is 5.03. The number of aromatic hydroxyl groups is 1. The first-order valence-electron chi connectivity index (χ1n) is 6.56. The smallest absolute Gasteiger partial charge is 0.210 e. The van der Waals surface area contributed by atoms with Gasteiger partial charge in [0.15, 0.2) is 5.69 Å². The fraction of sp³-hybridized carbons (Fsp3) is 0.250. The van der Waals surface area contributed by atoms with Crippen molar-refractivity contribution < 1.29 is 19.7 Å². The molecule has 5 nitrogen and oxygen atoms in total. The van der Waals surface area contributed by atoms with E-state index in [1.165, 1.54) is 6.20 Å². The molecule has 5 heteroatoms. The first-order valence-corrected chi connectivity index (χ1v) is 6.56. The predicted octanol–water partition coefficient (Wildman–Crippen LogP) is 1.99. The van der Waals surface area contributed by atoms with Gasteiger partial charge in [0.25, 0.3) is 0 Å². The van der Waals surface area contributed by atoms with Crippen molar-refractivity contribution in [2.45, 2.75) is 20.1 Å². The second-order valence-electron chi connectivity index (χ2n) is 4.67. The Morgan fingerprint density at radius 1 is 1.24 bits per heavy atom. The van der Waals surface area contributed by atoms with Gasteiger partial charge in [-0.1, -0.05) is 30.3 Å². The molecule has 110 valence electrons. The number of Topliss-reactive ketones (excluding diaryl/α,β-unsaturated/α-hetero) is 1. The van der Waals surface area contributed by atoms with Crippen LogP contribution in [0.3, 0.4) is 0 Å². The molecule has 0 aliphatic heterocycles. The number of nitrogens with zero attached hydrogens (tertiary/aromatic N) is 1. The molecule has 0 aliphatic rings. The average Bonchev–Trinajstić information content (AvgIpc) is 2.52. The molecule has 0 amide bonds. The number of aromatic nitrogens is 1. The second kappa shape index (κ2) is 6.97. The van der Waals surface area contributed by atoms with Crippen LogP contribution < -0.4 is 0 Å². The number of ether oxygens (including phenoxy) is 1. The SMILES string of the molecule is Cc1c(COCc2ccccc2)cnc(C(=O)CO)c1O. The van der Waals surface area contributed by atoms with E-state index >= 15 is 0 Å². The van der Waals surface area contributed by atoms with Gasteiger partial charge in [0.2, 0.25) is 5.78 Å². The van der Waals surface area contributed by atoms with Crippen molar-refractivity contribution in [3.05, 3.63) is 58.9 Å². The molecular formula is C16H17NO4. The van der Waals surface area contributed by atoms with Crippen LogP contribution in [-0.4, -0.2) is 27.6 Å². The Morgan fingerprint density at radius 3 is 2.62 bits per heavy atom. The van der Waals surface area contributed by atoms with Crippen LogP contribution in [0.25, 0.3) is 0 Å². The van der Waals surface area contributed by atoms with E-state index in [1.54, 1.807) is 6.92 Å². The number of rotatable bonds is 6. The molecule has 0 atom stereocenters. The summed E-state index contributed by atoms with van der Waals surface area (Å²) < 4.78 is 5.58. The van der Waals surface area contributed by atoms with Gasteiger partial charge in [-0.05, 0) is 12.5 Å². The summed E-state index contributed by atoms with van der Waals surface area (Å²) in [4.78, 5) is 15.3. The van der Waals surface area contributed by atoms with E-state index in [4.69, 9.17) is 9.84 Å². The maximum atomic E-state index is 11.4. The number of aliphatic hydroxyl groups is 1. The van der Waals surface area contributed by atoms with E-state index in [9.17, 15) is 9.90 Å². The van der Waals surface area contributed by atoms with E-state index in [2.05, 4.69) is 4.98 Å². The minimum atomic E-state index is -0.677. The molecule has 1 heterocycles. The molecule has 0 bridgehead atoms. The molecule has 0 fully saturated rings. The standard InChI is InChI=1S/C16H17NO4/c1-11-13(7-17-15(16(11)20)14(19)8-18)10-21-9-12-5-3-2-4-6-12/h2-7,18,20H,8-10H2,1H3. The summed E-state index contributed by atoms with van der Waals surface area (Å²) in [6, 6.07) is 9.74. The molecule has 0 spiro atoms. The number of carbonyl (C=O) groups excluding carboxylic acids is 1. The first-order chi connectivity index (χ1) is 10.1. The summed E-state index contributed by atoms with van der Waals surface area (Å²) in [6.07, 6.45) is 1.49. The lowest BCUT2D eigenvalue weighted by Crippen LogP contribution is -2.09. The van der Waals surface area contributed by atoms with Crippen LogP contribution in [0.1, 0.15) is 27.2 Å². The van der Waals surface area contributed by atoms with Crippen molar-refractivity contribution in [1.29, 1.82) is 0 Å². The number of carbonyl (C=O) groups is 1. The molecule has 1 aromatic carbocycles. The van der Waals surface area contributed by atoms with E-state index < -0.39 is 12.4 Å². The maximum Gasteiger partial charge on any atom is 0.210 e. The van der Waals surface area contributed by atoms with Crippen LogP contribution in [0.2, 0.25) is 0 Å². The van der Waals surface area contributed by atoms with Crippen molar-refractivity contribution in [1.82, 2.24) is 4.98 Å². The van der Waals surface area contributed by atoms with E-state index in [-0.39, 0.29) is 18.1 Å². The fourth-order valence-corrected chi connectivity index (χ4v) is 1.91. The van der Waals surface area contributed by atoms with Gasteiger partial charge in [-0.15, -0.1) is 0 Å². The number of aliphatic hydroxyl groups excluding tert-OH is 1. The van der Waals surface area contributed by atoms with Gasteiger partial charge in [0, 0.05) is 17.3 Å². The van der Waals surface area contributed by atoms with Gasteiger partial charge in [-0.3, -0.25) is 4.79 Å². The maximum absolute atomic E-state index is 11.4. The van der Waals surface area contributed by atoms with Crippen molar-refractivity contribution >= 4 is 5.78 Å². The lowest BCUT2D eigenvalue weighted by atomic mass is 10.1. The number of ketones is 1. The highest BCUT2D eigenvalue weighted by molar-refractivity contribution is 5.97. The quantitative estimate of drug-likeness (QED) is 0.794. The van der Waals surface area contributed by atoms with E-state index in [0.29, 0.717) is 17.7 Å². The molecule has 0 radical (unpaired) electrons. The van der Waals surface area contributed by atoms with Gasteiger partial charge in [0.05, 0.1) is 13.2 Å². The van der Waals surface area contributed by atoms with Gasteiger partial charge >= 0.3 is 0 Å². The Bertz CT molecular complexity index is 626. The summed E-state index contributed by atoms with van der Waals surface area (Å²) in [5.74, 6) is -0.804. The first kappa shape index (κ1) is 15.2. The predicted molar refractivity (Wildman–Crippen MR) is 77.0 cm³/mol. The van der Waals surface area contributed by atoms with Crippen molar-refractivity contribution in [3.8, 4) is 5.75 Å². The van der Waals surface area contributed by atoms with Crippen molar-refractivity contribution in [2.24, 2.45) is 0 Å². The molecule has 0 saturated heterocycles. The van der Waals surface area contributed by atoms with E-state index in [1.807, 2.05) is 30.3 Å². The normalized spacial score (nSPS) is 10.6. The van der Waals surface area contributed by atoms with Gasteiger partial charge in [0.1, 0.15) is 12.4 Å². The van der Waals surface area contributed by atoms with Crippen LogP contribution >= 0.6 is 0 Å². The van der Waals surface area contributed by atoms with Crippen LogP contribution in [0, 0.1) is 6.92 Å². The number of benzene rings is 1. The Balaban J connectivity index is 2.04. The zero-order valence-electron chi connectivity index (χ0n) is 11.7. The molecule has 2 rings (SSSR count). The minimum absolute atomic E-state index is 0.109. The summed E-state index contributed by atoms with van der Waals surface area (Å²) in [5, 5.41) is 18.8. The lowest BCUT2D eigenvalue weighted by Gasteiger charge is -2.10. The fourth-order valence-electron chi connectivity index (χ4n) is 1.91. The summed E-state index contributed by atoms with van der Waals surface area (Å²) >= 11 is 0. The molecule has 0 unspecified atom stereocenters. The zero-order chi connectivity index (χ0) is 15.2. The van der Waals surface area contributed by atoms with Gasteiger partial charge < -0.3 is 14.9 Å². The van der Waals surface area contributed by atoms with Crippen LogP contribution in [-0.2, 0) is 18.0 Å². The third-order valence-electron chi connectivity index (χ3n) is 3.19. The van der Waals surface area contributed by atoms with Crippen LogP contribution in [0.5, 0.6) is 5.75 Å². The van der Waals surface area contributed by atoms with Gasteiger partial charge in [-0.25, -0.2) is 4.98 Å². The Hall–Kier alpha value is -2.24. The average molecular weight is 287 g/mol. The highest BCUT2D eigenvalue weighted by atomic mass is 16.5. The Morgan fingerprint density at radius 2 is 1.95 bits per heavy atom. The topological polar surface area (TPSA) is 79.7 Å². The van der Waals surface area contributed by atoms with Gasteiger partial charge in [-0.2, -0.15) is 0 Å². The minimum Gasteiger partial charge on any atom is -0.505 e. The monoisotopic (exact) mass is 287 g/mol. The third-order valence-corrected chi connectivity index (χ3v) is 3.19.